The van der Waals surface area contributed by atoms with Crippen molar-refractivity contribution >= 4 is 56.9 Å². The zero-order chi connectivity index (χ0) is 21.5. The Morgan fingerprint density at radius 3 is 2.83 bits per heavy atom. The lowest BCUT2D eigenvalue weighted by molar-refractivity contribution is -0.137. The summed E-state index contributed by atoms with van der Waals surface area (Å²) in [5, 5.41) is 8.69. The Bertz CT molecular complexity index is 917. The molecule has 1 aromatic carbocycles. The van der Waals surface area contributed by atoms with Gasteiger partial charge >= 0.3 is 12.0 Å². The minimum atomic E-state index is -0.286. The molecular weight excluding hydrogens is 424 g/mol. The molecule has 0 radical (unpaired) electrons. The van der Waals surface area contributed by atoms with Gasteiger partial charge in [-0.2, -0.15) is 0 Å². The molecule has 0 aliphatic carbocycles. The number of nitrogens with zero attached hydrogens (tertiary/aromatic N) is 1. The Hall–Kier alpha value is -2.33. The Balaban J connectivity index is 1.40. The first-order valence-electron chi connectivity index (χ1n) is 9.91. The van der Waals surface area contributed by atoms with Gasteiger partial charge in [-0.3, -0.25) is 9.59 Å². The highest BCUT2D eigenvalue weighted by atomic mass is 32.2. The van der Waals surface area contributed by atoms with Crippen molar-refractivity contribution < 1.29 is 19.1 Å². The summed E-state index contributed by atoms with van der Waals surface area (Å²) in [6, 6.07) is 5.85. The van der Waals surface area contributed by atoms with Gasteiger partial charge in [0.25, 0.3) is 0 Å². The highest BCUT2D eigenvalue weighted by molar-refractivity contribution is 8.01. The summed E-state index contributed by atoms with van der Waals surface area (Å²) >= 11 is 2.83. The van der Waals surface area contributed by atoms with Gasteiger partial charge in [-0.05, 0) is 38.0 Å². The van der Waals surface area contributed by atoms with Crippen LogP contribution >= 0.6 is 23.1 Å². The number of thioether (sulfide) groups is 1. The highest BCUT2D eigenvalue weighted by Crippen LogP contribution is 2.31. The Kier molecular flexibility index (Phi) is 7.92. The zero-order valence-electron chi connectivity index (χ0n) is 17.0. The van der Waals surface area contributed by atoms with Crippen molar-refractivity contribution in [2.75, 3.05) is 18.2 Å². The molecule has 0 spiro atoms. The molecule has 1 fully saturated rings. The molecule has 1 saturated heterocycles. The van der Waals surface area contributed by atoms with Gasteiger partial charge in [0.15, 0.2) is 4.34 Å². The maximum Gasteiger partial charge on any atom is 0.316 e. The molecule has 2 aromatic rings. The van der Waals surface area contributed by atoms with E-state index in [1.807, 2.05) is 25.1 Å². The second-order valence-corrected chi connectivity index (χ2v) is 9.44. The largest absolute Gasteiger partial charge is 0.468 e. The number of hydrogen-bond donors (Lipinski definition) is 3. The number of rotatable bonds is 10. The third-order valence-corrected chi connectivity index (χ3v) is 7.03. The van der Waals surface area contributed by atoms with Crippen molar-refractivity contribution in [3.63, 3.8) is 0 Å². The van der Waals surface area contributed by atoms with Crippen molar-refractivity contribution in [3.05, 3.63) is 18.2 Å². The summed E-state index contributed by atoms with van der Waals surface area (Å²) < 4.78 is 6.39. The van der Waals surface area contributed by atoms with E-state index >= 15 is 0 Å². The van der Waals surface area contributed by atoms with E-state index in [1.165, 1.54) is 30.2 Å². The molecule has 1 aliphatic rings. The third-order valence-electron chi connectivity index (χ3n) is 4.89. The number of amides is 3. The lowest BCUT2D eigenvalue weighted by atomic mass is 10.0. The molecule has 2 heterocycles. The summed E-state index contributed by atoms with van der Waals surface area (Å²) in [4.78, 5) is 39.3. The predicted molar refractivity (Wildman–Crippen MR) is 119 cm³/mol. The molecule has 1 aromatic heterocycles. The van der Waals surface area contributed by atoms with Crippen LogP contribution in [-0.2, 0) is 14.3 Å². The fourth-order valence-corrected chi connectivity index (χ4v) is 5.18. The number of carbonyl (C=O) groups is 3. The molecule has 0 saturated carbocycles. The summed E-state index contributed by atoms with van der Waals surface area (Å²) in [7, 11) is 1.36. The standard InChI is InChI=1S/C20H26N4O4S2/c1-12-14(23-19(27)21-12)6-4-3-5-7-17(25)22-13-8-9-15-16(10-13)30-20(24-15)29-11-18(26)28-2/h8-10,12,14H,3-7,11H2,1-2H3,(H,22,25)(H2,21,23,27). The summed E-state index contributed by atoms with van der Waals surface area (Å²) in [6.45, 7) is 2.00. The van der Waals surface area contributed by atoms with Gasteiger partial charge in [0, 0.05) is 18.2 Å². The number of aromatic nitrogens is 1. The molecule has 3 N–H and O–H groups in total. The highest BCUT2D eigenvalue weighted by Gasteiger charge is 2.26. The summed E-state index contributed by atoms with van der Waals surface area (Å²) in [5.41, 5.74) is 1.59. The van der Waals surface area contributed by atoms with Crippen LogP contribution in [0, 0.1) is 0 Å². The third kappa shape index (κ3) is 6.33. The molecule has 8 nitrogen and oxygen atoms in total. The number of fused-ring (bicyclic) bond motifs is 1. The van der Waals surface area contributed by atoms with Gasteiger partial charge in [0.2, 0.25) is 5.91 Å². The van der Waals surface area contributed by atoms with Crippen molar-refractivity contribution in [1.82, 2.24) is 15.6 Å². The van der Waals surface area contributed by atoms with E-state index in [1.54, 1.807) is 0 Å². The van der Waals surface area contributed by atoms with Crippen LogP contribution in [0.25, 0.3) is 10.2 Å². The quantitative estimate of drug-likeness (QED) is 0.290. The van der Waals surface area contributed by atoms with Crippen molar-refractivity contribution in [2.45, 2.75) is 55.5 Å². The van der Waals surface area contributed by atoms with Gasteiger partial charge < -0.3 is 20.7 Å². The molecule has 1 aliphatic heterocycles. The van der Waals surface area contributed by atoms with E-state index in [9.17, 15) is 14.4 Å². The average Bonchev–Trinajstić information content (AvgIpc) is 3.27. The smallest absolute Gasteiger partial charge is 0.316 e. The SMILES string of the molecule is COC(=O)CSc1nc2ccc(NC(=O)CCCCCC3NC(=O)NC3C)cc2s1. The number of nitrogens with one attached hydrogen (secondary N) is 3. The van der Waals surface area contributed by atoms with E-state index in [4.69, 9.17) is 0 Å². The van der Waals surface area contributed by atoms with E-state index in [2.05, 4.69) is 25.7 Å². The number of unbranched alkanes of at least 4 members (excludes halogenated alkanes) is 2. The number of urea groups is 1. The fourth-order valence-electron chi connectivity index (χ4n) is 3.24. The number of carbonyl (C=O) groups excluding carboxylic acids is 3. The fraction of sp³-hybridized carbons (Fsp3) is 0.500. The van der Waals surface area contributed by atoms with Crippen LogP contribution in [0.15, 0.2) is 22.5 Å². The van der Waals surface area contributed by atoms with E-state index in [-0.39, 0.29) is 35.7 Å². The molecule has 3 rings (SSSR count). The number of hydrogen-bond acceptors (Lipinski definition) is 7. The second-order valence-electron chi connectivity index (χ2n) is 7.19. The second kappa shape index (κ2) is 10.6. The number of thiazole rings is 1. The lowest BCUT2D eigenvalue weighted by Crippen LogP contribution is -2.30. The zero-order valence-corrected chi connectivity index (χ0v) is 18.7. The van der Waals surface area contributed by atoms with Crippen molar-refractivity contribution in [2.24, 2.45) is 0 Å². The van der Waals surface area contributed by atoms with Gasteiger partial charge in [0.1, 0.15) is 0 Å². The number of ether oxygens (including phenoxy) is 1. The van der Waals surface area contributed by atoms with Gasteiger partial charge in [0.05, 0.1) is 29.1 Å². The molecule has 3 amide bonds. The van der Waals surface area contributed by atoms with Crippen LogP contribution in [0.4, 0.5) is 10.5 Å². The molecule has 10 heteroatoms. The van der Waals surface area contributed by atoms with Crippen LogP contribution < -0.4 is 16.0 Å². The summed E-state index contributed by atoms with van der Waals surface area (Å²) in [6.07, 6.45) is 4.11. The van der Waals surface area contributed by atoms with Crippen LogP contribution in [-0.4, -0.2) is 47.8 Å². The molecular formula is C20H26N4O4S2. The van der Waals surface area contributed by atoms with Crippen LogP contribution in [0.3, 0.4) is 0 Å². The predicted octanol–water partition coefficient (Wildman–Crippen LogP) is 3.52. The topological polar surface area (TPSA) is 109 Å². The van der Waals surface area contributed by atoms with Crippen LogP contribution in [0.2, 0.25) is 0 Å². The number of esters is 1. The molecule has 0 bridgehead atoms. The lowest BCUT2D eigenvalue weighted by Gasteiger charge is -2.13. The number of methoxy groups -OCH3 is 1. The van der Waals surface area contributed by atoms with Crippen molar-refractivity contribution in [3.8, 4) is 0 Å². The van der Waals surface area contributed by atoms with Crippen molar-refractivity contribution in [1.29, 1.82) is 0 Å². The van der Waals surface area contributed by atoms with E-state index in [0.29, 0.717) is 6.42 Å². The Morgan fingerprint density at radius 1 is 1.27 bits per heavy atom. The van der Waals surface area contributed by atoms with Crippen LogP contribution in [0.5, 0.6) is 0 Å². The molecule has 162 valence electrons. The summed E-state index contributed by atoms with van der Waals surface area (Å²) in [5.74, 6) is -0.0719. The van der Waals surface area contributed by atoms with Crippen LogP contribution in [0.1, 0.15) is 39.0 Å². The van der Waals surface area contributed by atoms with E-state index in [0.717, 1.165) is 45.9 Å². The Morgan fingerprint density at radius 2 is 2.10 bits per heavy atom. The first kappa shape index (κ1) is 22.4. The van der Waals surface area contributed by atoms with Gasteiger partial charge in [-0.15, -0.1) is 11.3 Å². The molecule has 2 atom stereocenters. The maximum atomic E-state index is 12.2. The average molecular weight is 451 g/mol. The van der Waals surface area contributed by atoms with Gasteiger partial charge in [-0.25, -0.2) is 9.78 Å². The minimum Gasteiger partial charge on any atom is -0.468 e. The number of benzene rings is 1. The maximum absolute atomic E-state index is 12.2. The Labute approximate surface area is 183 Å². The first-order valence-corrected chi connectivity index (χ1v) is 11.7. The first-order chi connectivity index (χ1) is 14.4. The molecule has 2 unspecified atom stereocenters. The minimum absolute atomic E-state index is 0.0108. The normalized spacial score (nSPS) is 18.1. The van der Waals surface area contributed by atoms with Gasteiger partial charge in [-0.1, -0.05) is 24.6 Å². The number of anilines is 1. The monoisotopic (exact) mass is 450 g/mol. The molecule has 30 heavy (non-hydrogen) atoms. The van der Waals surface area contributed by atoms with E-state index < -0.39 is 0 Å².